The fraction of sp³-hybridized carbons (Fsp3) is 0.467. The molecule has 0 aliphatic carbocycles. The number of hydrogen-bond donors (Lipinski definition) is 1. The summed E-state index contributed by atoms with van der Waals surface area (Å²) in [6, 6.07) is 18.3. The van der Waals surface area contributed by atoms with Crippen LogP contribution in [-0.2, 0) is 25.0 Å². The molecule has 1 aromatic heterocycles. The van der Waals surface area contributed by atoms with Crippen LogP contribution in [0.1, 0.15) is 87.6 Å². The highest BCUT2D eigenvalue weighted by molar-refractivity contribution is 5.92. The first-order chi connectivity index (χ1) is 16.7. The lowest BCUT2D eigenvalue weighted by atomic mass is 9.90. The highest BCUT2D eigenvalue weighted by Gasteiger charge is 2.28. The Morgan fingerprint density at radius 2 is 1.60 bits per heavy atom. The first-order valence-electron chi connectivity index (χ1n) is 13.0. The SMILES string of the molecule is CCCCN(Cc1ccc(C(N)=O)cc1)Cc1c(C(C)(C)C)nc(-c2ccccc2)n1CCCC. The summed E-state index contributed by atoms with van der Waals surface area (Å²) < 4.78 is 2.47. The van der Waals surface area contributed by atoms with Gasteiger partial charge < -0.3 is 10.3 Å². The molecular formula is C30H42N4O. The summed E-state index contributed by atoms with van der Waals surface area (Å²) in [6.45, 7) is 14.9. The minimum atomic E-state index is -0.387. The molecule has 0 fully saturated rings. The van der Waals surface area contributed by atoms with E-state index in [1.807, 2.05) is 24.3 Å². The fourth-order valence-corrected chi connectivity index (χ4v) is 4.45. The second-order valence-corrected chi connectivity index (χ2v) is 10.5. The summed E-state index contributed by atoms with van der Waals surface area (Å²) in [5, 5.41) is 0. The highest BCUT2D eigenvalue weighted by atomic mass is 16.1. The molecule has 0 saturated carbocycles. The topological polar surface area (TPSA) is 64.2 Å². The van der Waals surface area contributed by atoms with Crippen molar-refractivity contribution in [1.29, 1.82) is 0 Å². The van der Waals surface area contributed by atoms with E-state index in [0.717, 1.165) is 57.7 Å². The van der Waals surface area contributed by atoms with Crippen LogP contribution < -0.4 is 5.73 Å². The molecule has 1 heterocycles. The Labute approximate surface area is 211 Å². The van der Waals surface area contributed by atoms with Crippen LogP contribution in [0.4, 0.5) is 0 Å². The molecule has 188 valence electrons. The van der Waals surface area contributed by atoms with E-state index >= 15 is 0 Å². The first-order valence-corrected chi connectivity index (χ1v) is 13.0. The quantitative estimate of drug-likeness (QED) is 0.324. The molecule has 0 unspecified atom stereocenters. The van der Waals surface area contributed by atoms with Crippen LogP contribution in [0.3, 0.4) is 0 Å². The van der Waals surface area contributed by atoms with Crippen molar-refractivity contribution >= 4 is 5.91 Å². The Balaban J connectivity index is 2.02. The number of primary amides is 1. The van der Waals surface area contributed by atoms with Gasteiger partial charge in [-0.05, 0) is 37.1 Å². The van der Waals surface area contributed by atoms with Crippen LogP contribution in [0, 0.1) is 0 Å². The zero-order chi connectivity index (χ0) is 25.4. The maximum Gasteiger partial charge on any atom is 0.248 e. The standard InChI is InChI=1S/C30H42N4O/c1-6-8-19-33(21-23-15-17-24(18-16-23)28(31)35)22-26-27(30(3,4)5)32-29(34(26)20-9-7-2)25-13-11-10-12-14-25/h10-18H,6-9,19-22H2,1-5H3,(H2,31,35). The van der Waals surface area contributed by atoms with Gasteiger partial charge in [-0.15, -0.1) is 0 Å². The summed E-state index contributed by atoms with van der Waals surface area (Å²) in [7, 11) is 0. The van der Waals surface area contributed by atoms with Gasteiger partial charge in [0.25, 0.3) is 0 Å². The normalized spacial score (nSPS) is 11.8. The van der Waals surface area contributed by atoms with E-state index < -0.39 is 0 Å². The van der Waals surface area contributed by atoms with E-state index in [1.54, 1.807) is 0 Å². The van der Waals surface area contributed by atoms with Crippen molar-refractivity contribution in [2.75, 3.05) is 6.54 Å². The van der Waals surface area contributed by atoms with E-state index in [2.05, 4.69) is 74.4 Å². The number of benzene rings is 2. The Bertz CT molecular complexity index is 1080. The second kappa shape index (κ2) is 12.2. The monoisotopic (exact) mass is 474 g/mol. The molecule has 2 N–H and O–H groups in total. The maximum atomic E-state index is 11.5. The van der Waals surface area contributed by atoms with Gasteiger partial charge in [0.1, 0.15) is 5.82 Å². The largest absolute Gasteiger partial charge is 0.366 e. The molecule has 0 radical (unpaired) electrons. The molecule has 3 aromatic rings. The van der Waals surface area contributed by atoms with Crippen LogP contribution in [0.15, 0.2) is 54.6 Å². The Kier molecular flexibility index (Phi) is 9.27. The molecular weight excluding hydrogens is 432 g/mol. The number of carbonyl (C=O) groups excluding carboxylic acids is 1. The summed E-state index contributed by atoms with van der Waals surface area (Å²) in [4.78, 5) is 19.3. The zero-order valence-corrected chi connectivity index (χ0v) is 22.2. The third-order valence-electron chi connectivity index (χ3n) is 6.40. The van der Waals surface area contributed by atoms with E-state index in [9.17, 15) is 4.79 Å². The number of unbranched alkanes of at least 4 members (excludes halogenated alkanes) is 2. The summed E-state index contributed by atoms with van der Waals surface area (Å²) in [5.41, 5.74) is 10.8. The number of nitrogens with zero attached hydrogens (tertiary/aromatic N) is 3. The van der Waals surface area contributed by atoms with E-state index in [1.165, 1.54) is 22.5 Å². The highest BCUT2D eigenvalue weighted by Crippen LogP contribution is 2.32. The van der Waals surface area contributed by atoms with Crippen molar-refractivity contribution < 1.29 is 4.79 Å². The molecule has 0 spiro atoms. The lowest BCUT2D eigenvalue weighted by Crippen LogP contribution is -2.28. The zero-order valence-electron chi connectivity index (χ0n) is 22.2. The smallest absolute Gasteiger partial charge is 0.248 e. The third-order valence-corrected chi connectivity index (χ3v) is 6.40. The minimum Gasteiger partial charge on any atom is -0.366 e. The van der Waals surface area contributed by atoms with Gasteiger partial charge in [0.2, 0.25) is 5.91 Å². The predicted molar refractivity (Wildman–Crippen MR) is 145 cm³/mol. The molecule has 0 atom stereocenters. The number of aromatic nitrogens is 2. The van der Waals surface area contributed by atoms with Gasteiger partial charge in [-0.2, -0.15) is 0 Å². The number of carbonyl (C=O) groups is 1. The van der Waals surface area contributed by atoms with Crippen LogP contribution in [0.2, 0.25) is 0 Å². The average Bonchev–Trinajstić information content (AvgIpc) is 3.20. The molecule has 5 heteroatoms. The van der Waals surface area contributed by atoms with Crippen molar-refractivity contribution in [3.8, 4) is 11.4 Å². The van der Waals surface area contributed by atoms with Crippen molar-refractivity contribution in [2.24, 2.45) is 5.73 Å². The van der Waals surface area contributed by atoms with Gasteiger partial charge in [-0.3, -0.25) is 9.69 Å². The maximum absolute atomic E-state index is 11.5. The van der Waals surface area contributed by atoms with Gasteiger partial charge in [0.15, 0.2) is 0 Å². The summed E-state index contributed by atoms with van der Waals surface area (Å²) >= 11 is 0. The number of rotatable bonds is 12. The number of hydrogen-bond acceptors (Lipinski definition) is 3. The van der Waals surface area contributed by atoms with Crippen LogP contribution in [0.5, 0.6) is 0 Å². The molecule has 1 amide bonds. The Morgan fingerprint density at radius 1 is 0.943 bits per heavy atom. The minimum absolute atomic E-state index is 0.0596. The molecule has 5 nitrogen and oxygen atoms in total. The number of amides is 1. The van der Waals surface area contributed by atoms with E-state index in [-0.39, 0.29) is 11.3 Å². The lowest BCUT2D eigenvalue weighted by Gasteiger charge is -2.26. The molecule has 0 saturated heterocycles. The Morgan fingerprint density at radius 3 is 2.17 bits per heavy atom. The van der Waals surface area contributed by atoms with E-state index in [0.29, 0.717) is 5.56 Å². The second-order valence-electron chi connectivity index (χ2n) is 10.5. The molecule has 0 aliphatic rings. The van der Waals surface area contributed by atoms with Crippen LogP contribution >= 0.6 is 0 Å². The van der Waals surface area contributed by atoms with Crippen LogP contribution in [-0.4, -0.2) is 26.9 Å². The van der Waals surface area contributed by atoms with Gasteiger partial charge >= 0.3 is 0 Å². The van der Waals surface area contributed by atoms with Crippen molar-refractivity contribution in [3.63, 3.8) is 0 Å². The molecule has 0 bridgehead atoms. The third kappa shape index (κ3) is 7.04. The lowest BCUT2D eigenvalue weighted by molar-refractivity contribution is 0.1000. The Hall–Kier alpha value is -2.92. The van der Waals surface area contributed by atoms with Crippen molar-refractivity contribution in [2.45, 2.75) is 85.4 Å². The van der Waals surface area contributed by atoms with Crippen LogP contribution in [0.25, 0.3) is 11.4 Å². The van der Waals surface area contributed by atoms with Crippen molar-refractivity contribution in [3.05, 3.63) is 77.1 Å². The first kappa shape index (κ1) is 26.7. The predicted octanol–water partition coefficient (Wildman–Crippen LogP) is 6.55. The number of nitrogens with two attached hydrogens (primary N) is 1. The summed E-state index contributed by atoms with van der Waals surface area (Å²) in [6.07, 6.45) is 4.55. The van der Waals surface area contributed by atoms with Gasteiger partial charge in [0.05, 0.1) is 11.4 Å². The van der Waals surface area contributed by atoms with Gasteiger partial charge in [-0.25, -0.2) is 4.98 Å². The molecule has 35 heavy (non-hydrogen) atoms. The van der Waals surface area contributed by atoms with Crippen molar-refractivity contribution in [1.82, 2.24) is 14.5 Å². The molecule has 2 aromatic carbocycles. The van der Waals surface area contributed by atoms with Gasteiger partial charge in [0, 0.05) is 36.2 Å². The molecule has 0 aliphatic heterocycles. The average molecular weight is 475 g/mol. The summed E-state index contributed by atoms with van der Waals surface area (Å²) in [5.74, 6) is 0.683. The molecule has 3 rings (SSSR count). The van der Waals surface area contributed by atoms with Gasteiger partial charge in [-0.1, -0.05) is 89.9 Å². The number of imidazole rings is 1. The van der Waals surface area contributed by atoms with E-state index in [4.69, 9.17) is 10.7 Å². The fourth-order valence-electron chi connectivity index (χ4n) is 4.45.